The first-order chi connectivity index (χ1) is 16.5. The second-order valence-corrected chi connectivity index (χ2v) is 8.55. The van der Waals surface area contributed by atoms with Gasteiger partial charge in [-0.3, -0.25) is 14.2 Å². The maximum Gasteiger partial charge on any atom is 0.273 e. The predicted octanol–water partition coefficient (Wildman–Crippen LogP) is 3.70. The van der Waals surface area contributed by atoms with Crippen molar-refractivity contribution in [3.05, 3.63) is 109 Å². The summed E-state index contributed by atoms with van der Waals surface area (Å²) in [6.45, 7) is 0. The van der Waals surface area contributed by atoms with Crippen molar-refractivity contribution in [2.75, 3.05) is 12.4 Å². The summed E-state index contributed by atoms with van der Waals surface area (Å²) in [6, 6.07) is 24.7. The second-order valence-electron chi connectivity index (χ2n) is 7.08. The Labute approximate surface area is 204 Å². The molecule has 0 aliphatic rings. The molecule has 0 unspecified atom stereocenters. The van der Waals surface area contributed by atoms with E-state index in [-0.39, 0.29) is 15.8 Å². The number of amides is 1. The van der Waals surface area contributed by atoms with Crippen LogP contribution in [0.25, 0.3) is 17.3 Å². The van der Waals surface area contributed by atoms with E-state index in [1.54, 1.807) is 67.8 Å². The molecule has 4 aromatic rings. The summed E-state index contributed by atoms with van der Waals surface area (Å²) in [6.07, 6.45) is 1.70. The lowest BCUT2D eigenvalue weighted by Crippen LogP contribution is -2.32. The molecule has 168 valence electrons. The normalized spacial score (nSPS) is 12.1. The highest BCUT2D eigenvalue weighted by molar-refractivity contribution is 7.07. The lowest BCUT2D eigenvalue weighted by atomic mass is 10.2. The molecule has 0 saturated carbocycles. The average Bonchev–Trinajstić information content (AvgIpc) is 3.17. The molecule has 1 aromatic heterocycles. The van der Waals surface area contributed by atoms with Gasteiger partial charge in [-0.2, -0.15) is 5.26 Å². The van der Waals surface area contributed by atoms with E-state index in [4.69, 9.17) is 16.3 Å². The molecule has 1 heterocycles. The minimum absolute atomic E-state index is 0.180. The third kappa shape index (κ3) is 4.79. The van der Waals surface area contributed by atoms with Crippen LogP contribution in [-0.2, 0) is 4.79 Å². The number of carbonyl (C=O) groups excluding carboxylic acids is 1. The standard InChI is InChI=1S/C26H18ClN3O3S/c1-33-22-10-6-5-7-17(22)15-23-25(32)30(20-8-3-2-4-9-20)26(34-23)21(16-28)24(31)29-19-13-11-18(27)12-14-19/h2-15H,1H3,(H,29,31). The van der Waals surface area contributed by atoms with Gasteiger partial charge < -0.3 is 10.1 Å². The molecule has 0 aliphatic carbocycles. The van der Waals surface area contributed by atoms with Gasteiger partial charge in [0.05, 0.1) is 17.3 Å². The Morgan fingerprint density at radius 3 is 2.41 bits per heavy atom. The van der Waals surface area contributed by atoms with Crippen molar-refractivity contribution in [3.63, 3.8) is 0 Å². The molecule has 0 aliphatic heterocycles. The second kappa shape index (κ2) is 10.2. The number of para-hydroxylation sites is 2. The number of halogens is 1. The van der Waals surface area contributed by atoms with E-state index in [0.29, 0.717) is 32.2 Å². The number of nitrogens with zero attached hydrogens (tertiary/aromatic N) is 2. The van der Waals surface area contributed by atoms with Crippen molar-refractivity contribution in [1.82, 2.24) is 4.57 Å². The molecule has 0 fully saturated rings. The largest absolute Gasteiger partial charge is 0.496 e. The highest BCUT2D eigenvalue weighted by Gasteiger charge is 2.17. The molecule has 0 atom stereocenters. The summed E-state index contributed by atoms with van der Waals surface area (Å²) >= 11 is 6.98. The number of carbonyl (C=O) groups is 1. The van der Waals surface area contributed by atoms with Gasteiger partial charge in [0.1, 0.15) is 16.5 Å². The van der Waals surface area contributed by atoms with E-state index in [0.717, 1.165) is 11.3 Å². The van der Waals surface area contributed by atoms with Crippen molar-refractivity contribution < 1.29 is 9.53 Å². The Morgan fingerprint density at radius 1 is 1.06 bits per heavy atom. The quantitative estimate of drug-likeness (QED) is 0.465. The molecule has 3 aromatic carbocycles. The van der Waals surface area contributed by atoms with Crippen molar-refractivity contribution >= 4 is 46.2 Å². The lowest BCUT2D eigenvalue weighted by Gasteiger charge is -2.06. The van der Waals surface area contributed by atoms with E-state index < -0.39 is 5.91 Å². The molecule has 0 spiro atoms. The van der Waals surface area contributed by atoms with Crippen molar-refractivity contribution in [1.29, 1.82) is 5.26 Å². The monoisotopic (exact) mass is 487 g/mol. The zero-order chi connectivity index (χ0) is 24.1. The molecule has 1 amide bonds. The number of ether oxygens (including phenoxy) is 1. The van der Waals surface area contributed by atoms with Gasteiger partial charge in [0.15, 0.2) is 5.57 Å². The fourth-order valence-electron chi connectivity index (χ4n) is 3.31. The molecule has 0 bridgehead atoms. The maximum absolute atomic E-state index is 13.5. The molecular weight excluding hydrogens is 470 g/mol. The van der Waals surface area contributed by atoms with E-state index in [9.17, 15) is 14.9 Å². The van der Waals surface area contributed by atoms with Crippen LogP contribution in [0.15, 0.2) is 83.7 Å². The number of nitrogens with one attached hydrogen (secondary N) is 1. The van der Waals surface area contributed by atoms with E-state index >= 15 is 0 Å². The summed E-state index contributed by atoms with van der Waals surface area (Å²) in [5.41, 5.74) is 1.21. The summed E-state index contributed by atoms with van der Waals surface area (Å²) in [4.78, 5) is 26.5. The average molecular weight is 488 g/mol. The number of anilines is 1. The smallest absolute Gasteiger partial charge is 0.273 e. The minimum atomic E-state index is -0.625. The van der Waals surface area contributed by atoms with Crippen LogP contribution in [0, 0.1) is 11.3 Å². The van der Waals surface area contributed by atoms with Crippen LogP contribution < -0.4 is 24.8 Å². The third-order valence-electron chi connectivity index (χ3n) is 4.92. The van der Waals surface area contributed by atoms with Crippen LogP contribution in [0.4, 0.5) is 5.69 Å². The molecule has 0 saturated heterocycles. The number of rotatable bonds is 5. The van der Waals surface area contributed by atoms with Gasteiger partial charge in [-0.1, -0.05) is 48.0 Å². The van der Waals surface area contributed by atoms with E-state index in [1.807, 2.05) is 30.3 Å². The number of hydrogen-bond donors (Lipinski definition) is 1. The Hall–Kier alpha value is -4.12. The summed E-state index contributed by atoms with van der Waals surface area (Å²) < 4.78 is 7.36. The molecule has 8 heteroatoms. The molecule has 0 radical (unpaired) electrons. The van der Waals surface area contributed by atoms with Gasteiger partial charge in [-0.05, 0) is 48.5 Å². The van der Waals surface area contributed by atoms with Gasteiger partial charge >= 0.3 is 0 Å². The first-order valence-corrected chi connectivity index (χ1v) is 11.3. The lowest BCUT2D eigenvalue weighted by molar-refractivity contribution is -0.111. The Balaban J connectivity index is 1.96. The van der Waals surface area contributed by atoms with Crippen LogP contribution in [0.1, 0.15) is 5.56 Å². The number of thiazole rings is 1. The first kappa shape index (κ1) is 23.1. The van der Waals surface area contributed by atoms with Gasteiger partial charge in [0.2, 0.25) is 0 Å². The number of methoxy groups -OCH3 is 1. The Morgan fingerprint density at radius 2 is 1.74 bits per heavy atom. The molecule has 4 rings (SSSR count). The van der Waals surface area contributed by atoms with Crippen molar-refractivity contribution in [3.8, 4) is 17.5 Å². The van der Waals surface area contributed by atoms with E-state index in [2.05, 4.69) is 5.32 Å². The van der Waals surface area contributed by atoms with Gasteiger partial charge in [0.25, 0.3) is 11.5 Å². The maximum atomic E-state index is 13.5. The predicted molar refractivity (Wildman–Crippen MR) is 135 cm³/mol. The van der Waals surface area contributed by atoms with Crippen LogP contribution in [-0.4, -0.2) is 17.6 Å². The van der Waals surface area contributed by atoms with Crippen molar-refractivity contribution in [2.24, 2.45) is 0 Å². The van der Waals surface area contributed by atoms with Gasteiger partial charge in [-0.25, -0.2) is 0 Å². The summed E-state index contributed by atoms with van der Waals surface area (Å²) in [5, 5.41) is 13.1. The Kier molecular flexibility index (Phi) is 6.93. The first-order valence-electron chi connectivity index (χ1n) is 10.1. The number of benzene rings is 3. The molecule has 6 nitrogen and oxygen atoms in total. The topological polar surface area (TPSA) is 84.1 Å². The zero-order valence-corrected chi connectivity index (χ0v) is 19.6. The van der Waals surface area contributed by atoms with Gasteiger partial charge in [0, 0.05) is 16.3 Å². The van der Waals surface area contributed by atoms with Crippen LogP contribution in [0.5, 0.6) is 5.75 Å². The number of nitriles is 1. The third-order valence-corrected chi connectivity index (χ3v) is 6.26. The summed E-state index contributed by atoms with van der Waals surface area (Å²) in [7, 11) is 1.55. The van der Waals surface area contributed by atoms with Crippen LogP contribution in [0.2, 0.25) is 5.02 Å². The molecular formula is C26H18ClN3O3S. The zero-order valence-electron chi connectivity index (χ0n) is 18.0. The highest BCUT2D eigenvalue weighted by atomic mass is 35.5. The summed E-state index contributed by atoms with van der Waals surface area (Å²) in [5.74, 6) is -0.0207. The molecule has 34 heavy (non-hydrogen) atoms. The fourth-order valence-corrected chi connectivity index (χ4v) is 4.53. The highest BCUT2D eigenvalue weighted by Crippen LogP contribution is 2.18. The number of hydrogen-bond acceptors (Lipinski definition) is 5. The van der Waals surface area contributed by atoms with Gasteiger partial charge in [-0.15, -0.1) is 11.3 Å². The van der Waals surface area contributed by atoms with Crippen molar-refractivity contribution in [2.45, 2.75) is 0 Å². The Bertz CT molecular complexity index is 1570. The fraction of sp³-hybridized carbons (Fsp3) is 0.0385. The van der Waals surface area contributed by atoms with Crippen LogP contribution in [0.3, 0.4) is 0 Å². The molecule has 1 N–H and O–H groups in total. The SMILES string of the molecule is COc1ccccc1C=c1sc(=C(C#N)C(=O)Nc2ccc(Cl)cc2)n(-c2ccccc2)c1=O. The van der Waals surface area contributed by atoms with E-state index in [1.165, 1.54) is 4.57 Å². The number of aromatic nitrogens is 1. The minimum Gasteiger partial charge on any atom is -0.496 e. The van der Waals surface area contributed by atoms with Crippen LogP contribution >= 0.6 is 22.9 Å².